The highest BCUT2D eigenvalue weighted by molar-refractivity contribution is 14.0. The van der Waals surface area contributed by atoms with Crippen molar-refractivity contribution in [3.8, 4) is 0 Å². The summed E-state index contributed by atoms with van der Waals surface area (Å²) in [5.41, 5.74) is 1.86. The van der Waals surface area contributed by atoms with Gasteiger partial charge in [0.1, 0.15) is 0 Å². The summed E-state index contributed by atoms with van der Waals surface area (Å²) < 4.78 is 28.6. The minimum absolute atomic E-state index is 0. The van der Waals surface area contributed by atoms with Crippen molar-refractivity contribution in [2.45, 2.75) is 56.7 Å². The third-order valence-corrected chi connectivity index (χ3v) is 5.50. The van der Waals surface area contributed by atoms with Crippen LogP contribution in [0.25, 0.3) is 0 Å². The van der Waals surface area contributed by atoms with E-state index in [1.807, 2.05) is 24.3 Å². The van der Waals surface area contributed by atoms with Gasteiger partial charge in [-0.25, -0.2) is 13.4 Å². The first-order chi connectivity index (χ1) is 11.9. The van der Waals surface area contributed by atoms with Crippen LogP contribution in [0.4, 0.5) is 0 Å². The average molecular weight is 493 g/mol. The molecule has 0 amide bonds. The van der Waals surface area contributed by atoms with E-state index in [2.05, 4.69) is 22.5 Å². The fraction of sp³-hybridized carbons (Fsp3) is 0.611. The van der Waals surface area contributed by atoms with Crippen molar-refractivity contribution in [1.29, 1.82) is 0 Å². The van der Waals surface area contributed by atoms with Crippen molar-refractivity contribution < 1.29 is 13.2 Å². The lowest BCUT2D eigenvalue weighted by Gasteiger charge is -2.22. The molecule has 1 aromatic rings. The number of halogens is 1. The van der Waals surface area contributed by atoms with Crippen molar-refractivity contribution in [2.24, 2.45) is 4.99 Å². The molecule has 1 aromatic carbocycles. The molecule has 26 heavy (non-hydrogen) atoms. The fourth-order valence-electron chi connectivity index (χ4n) is 3.50. The molecule has 0 aromatic heterocycles. The van der Waals surface area contributed by atoms with E-state index in [1.165, 1.54) is 12.7 Å². The minimum Gasteiger partial charge on any atom is -0.373 e. The maximum atomic E-state index is 11.3. The standard InChI is InChI=1S/C18H27N3O3S.HI/c1-3-19-18(21-16-10-15-8-9-17(16)24-15)20-11-13-4-6-14(7-5-13)12-25(2,22)23;/h4-7,15-17H,3,8-12H2,1-2H3,(H2,19,20,21);1H. The summed E-state index contributed by atoms with van der Waals surface area (Å²) in [5, 5.41) is 6.78. The number of nitrogens with one attached hydrogen (secondary N) is 2. The molecule has 3 rings (SSSR count). The third kappa shape index (κ3) is 6.09. The topological polar surface area (TPSA) is 79.8 Å². The number of sulfone groups is 1. The number of benzene rings is 1. The Bertz CT molecular complexity index is 722. The van der Waals surface area contributed by atoms with Crippen LogP contribution in [-0.4, -0.2) is 45.4 Å². The van der Waals surface area contributed by atoms with Gasteiger partial charge in [0.25, 0.3) is 0 Å². The predicted octanol–water partition coefficient (Wildman–Crippen LogP) is 2.22. The lowest BCUT2D eigenvalue weighted by Crippen LogP contribution is -2.47. The molecule has 6 nitrogen and oxygen atoms in total. The Morgan fingerprint density at radius 3 is 2.46 bits per heavy atom. The molecule has 3 atom stereocenters. The van der Waals surface area contributed by atoms with Crippen molar-refractivity contribution >= 4 is 39.8 Å². The van der Waals surface area contributed by atoms with Crippen LogP contribution in [0, 0.1) is 0 Å². The van der Waals surface area contributed by atoms with Gasteiger partial charge in [0, 0.05) is 12.8 Å². The molecular formula is C18H28IN3O3S. The molecule has 0 radical (unpaired) electrons. The van der Waals surface area contributed by atoms with Crippen LogP contribution in [0.5, 0.6) is 0 Å². The number of ether oxygens (including phenoxy) is 1. The summed E-state index contributed by atoms with van der Waals surface area (Å²) in [6.45, 7) is 3.41. The molecule has 8 heteroatoms. The fourth-order valence-corrected chi connectivity index (χ4v) is 4.30. The quantitative estimate of drug-likeness (QED) is 0.361. The Kier molecular flexibility index (Phi) is 7.72. The number of nitrogens with zero attached hydrogens (tertiary/aromatic N) is 1. The van der Waals surface area contributed by atoms with Gasteiger partial charge >= 0.3 is 0 Å². The molecule has 0 spiro atoms. The van der Waals surface area contributed by atoms with Crippen LogP contribution in [0.3, 0.4) is 0 Å². The van der Waals surface area contributed by atoms with Gasteiger partial charge in [-0.15, -0.1) is 24.0 Å². The Labute approximate surface area is 173 Å². The summed E-state index contributed by atoms with van der Waals surface area (Å²) in [7, 11) is -3.00. The van der Waals surface area contributed by atoms with Crippen molar-refractivity contribution in [3.63, 3.8) is 0 Å². The lowest BCUT2D eigenvalue weighted by molar-refractivity contribution is 0.0992. The van der Waals surface area contributed by atoms with Crippen molar-refractivity contribution in [3.05, 3.63) is 35.4 Å². The molecule has 2 fully saturated rings. The summed E-state index contributed by atoms with van der Waals surface area (Å²) in [6.07, 6.45) is 5.32. The minimum atomic E-state index is -3.00. The van der Waals surface area contributed by atoms with Gasteiger partial charge in [0.05, 0.1) is 30.5 Å². The van der Waals surface area contributed by atoms with Crippen LogP contribution in [0.2, 0.25) is 0 Å². The summed E-state index contributed by atoms with van der Waals surface area (Å²) >= 11 is 0. The number of hydrogen-bond donors (Lipinski definition) is 2. The van der Waals surface area contributed by atoms with Crippen LogP contribution in [0.1, 0.15) is 37.3 Å². The van der Waals surface area contributed by atoms with Gasteiger partial charge in [-0.1, -0.05) is 24.3 Å². The van der Waals surface area contributed by atoms with E-state index in [9.17, 15) is 8.42 Å². The molecule has 2 aliphatic rings. The van der Waals surface area contributed by atoms with E-state index < -0.39 is 9.84 Å². The van der Waals surface area contributed by atoms with E-state index >= 15 is 0 Å². The second-order valence-electron chi connectivity index (χ2n) is 6.94. The summed E-state index contributed by atoms with van der Waals surface area (Å²) in [4.78, 5) is 4.66. The van der Waals surface area contributed by atoms with Crippen molar-refractivity contribution in [2.75, 3.05) is 12.8 Å². The lowest BCUT2D eigenvalue weighted by atomic mass is 9.96. The van der Waals surface area contributed by atoms with E-state index in [4.69, 9.17) is 4.74 Å². The van der Waals surface area contributed by atoms with Crippen LogP contribution in [-0.2, 0) is 26.9 Å². The number of hydrogen-bond acceptors (Lipinski definition) is 4. The van der Waals surface area contributed by atoms with Gasteiger partial charge in [-0.3, -0.25) is 0 Å². The van der Waals surface area contributed by atoms with E-state index in [0.29, 0.717) is 24.8 Å². The molecule has 2 N–H and O–H groups in total. The highest BCUT2D eigenvalue weighted by atomic mass is 127. The molecular weight excluding hydrogens is 465 g/mol. The van der Waals surface area contributed by atoms with E-state index in [0.717, 1.165) is 36.5 Å². The van der Waals surface area contributed by atoms with Crippen LogP contribution < -0.4 is 10.6 Å². The maximum Gasteiger partial charge on any atom is 0.191 e. The van der Waals surface area contributed by atoms with E-state index in [-0.39, 0.29) is 29.7 Å². The summed E-state index contributed by atoms with van der Waals surface area (Å²) in [6, 6.07) is 7.93. The first kappa shape index (κ1) is 21.4. The largest absolute Gasteiger partial charge is 0.373 e. The molecule has 2 saturated heterocycles. The molecule has 2 aliphatic heterocycles. The Hall–Kier alpha value is -0.870. The zero-order valence-corrected chi connectivity index (χ0v) is 18.4. The Balaban J connectivity index is 0.00000243. The number of aliphatic imine (C=N–C) groups is 1. The van der Waals surface area contributed by atoms with Crippen LogP contribution >= 0.6 is 24.0 Å². The monoisotopic (exact) mass is 493 g/mol. The van der Waals surface area contributed by atoms with Gasteiger partial charge in [-0.2, -0.15) is 0 Å². The van der Waals surface area contributed by atoms with Gasteiger partial charge in [0.2, 0.25) is 0 Å². The normalized spacial score (nSPS) is 25.0. The third-order valence-electron chi connectivity index (χ3n) is 4.64. The smallest absolute Gasteiger partial charge is 0.191 e. The number of rotatable bonds is 6. The molecule has 2 heterocycles. The van der Waals surface area contributed by atoms with Gasteiger partial charge in [-0.05, 0) is 37.3 Å². The maximum absolute atomic E-state index is 11.3. The first-order valence-corrected chi connectivity index (χ1v) is 10.9. The van der Waals surface area contributed by atoms with Gasteiger partial charge in [0.15, 0.2) is 15.8 Å². The Morgan fingerprint density at radius 2 is 1.92 bits per heavy atom. The molecule has 146 valence electrons. The second-order valence-corrected chi connectivity index (χ2v) is 9.08. The molecule has 0 saturated carbocycles. The number of guanidine groups is 1. The molecule has 0 aliphatic carbocycles. The predicted molar refractivity (Wildman–Crippen MR) is 115 cm³/mol. The SMILES string of the molecule is CCNC(=NCc1ccc(CS(C)(=O)=O)cc1)NC1CC2CCC1O2.I. The highest BCUT2D eigenvalue weighted by Crippen LogP contribution is 2.34. The summed E-state index contributed by atoms with van der Waals surface area (Å²) in [5.74, 6) is 0.884. The highest BCUT2D eigenvalue weighted by Gasteiger charge is 2.41. The van der Waals surface area contributed by atoms with Gasteiger partial charge < -0.3 is 15.4 Å². The number of fused-ring (bicyclic) bond motifs is 2. The van der Waals surface area contributed by atoms with Crippen LogP contribution in [0.15, 0.2) is 29.3 Å². The average Bonchev–Trinajstić information content (AvgIpc) is 3.15. The second kappa shape index (κ2) is 9.36. The zero-order chi connectivity index (χ0) is 17.9. The molecule has 3 unspecified atom stereocenters. The van der Waals surface area contributed by atoms with Crippen molar-refractivity contribution in [1.82, 2.24) is 10.6 Å². The van der Waals surface area contributed by atoms with E-state index in [1.54, 1.807) is 0 Å². The zero-order valence-electron chi connectivity index (χ0n) is 15.3. The Morgan fingerprint density at radius 1 is 1.23 bits per heavy atom. The first-order valence-electron chi connectivity index (χ1n) is 8.89. The molecule has 2 bridgehead atoms.